The van der Waals surface area contributed by atoms with Crippen molar-refractivity contribution in [2.45, 2.75) is 31.8 Å². The van der Waals surface area contributed by atoms with Crippen LogP contribution in [0.15, 0.2) is 29.4 Å². The number of oxime groups is 1. The molecule has 0 N–H and O–H groups in total. The second kappa shape index (κ2) is 6.15. The molecule has 114 valence electrons. The average molecular weight is 301 g/mol. The maximum atomic E-state index is 13.6. The van der Waals surface area contributed by atoms with Gasteiger partial charge >= 0.3 is 11.9 Å². The molecule has 1 aliphatic heterocycles. The molecule has 1 heterocycles. The molecule has 1 aliphatic rings. The van der Waals surface area contributed by atoms with Crippen LogP contribution in [0.5, 0.6) is 0 Å². The highest BCUT2D eigenvalue weighted by atomic mass is 19.3. The number of halogens is 3. The fourth-order valence-corrected chi connectivity index (χ4v) is 2.00. The van der Waals surface area contributed by atoms with Crippen LogP contribution in [-0.2, 0) is 14.4 Å². The largest absolute Gasteiger partial charge is 0.462 e. The van der Waals surface area contributed by atoms with Crippen LogP contribution in [0.2, 0.25) is 0 Å². The normalized spacial score (nSPS) is 18.1. The van der Waals surface area contributed by atoms with Crippen molar-refractivity contribution in [3.8, 4) is 0 Å². The van der Waals surface area contributed by atoms with Crippen LogP contribution in [0.1, 0.15) is 25.3 Å². The van der Waals surface area contributed by atoms with Crippen LogP contribution in [0.3, 0.4) is 0 Å². The van der Waals surface area contributed by atoms with Crippen molar-refractivity contribution in [2.75, 3.05) is 6.61 Å². The first-order valence-corrected chi connectivity index (χ1v) is 6.46. The highest BCUT2D eigenvalue weighted by molar-refractivity contribution is 6.01. The van der Waals surface area contributed by atoms with Crippen molar-refractivity contribution in [3.05, 3.63) is 35.6 Å². The zero-order valence-corrected chi connectivity index (χ0v) is 11.3. The van der Waals surface area contributed by atoms with Crippen molar-refractivity contribution < 1.29 is 27.5 Å². The Labute approximate surface area is 119 Å². The third kappa shape index (κ3) is 3.53. The number of nitrogens with zero attached hydrogens (tertiary/aromatic N) is 1. The van der Waals surface area contributed by atoms with Crippen molar-refractivity contribution in [2.24, 2.45) is 5.16 Å². The molecule has 0 saturated heterocycles. The van der Waals surface area contributed by atoms with Gasteiger partial charge in [0.1, 0.15) is 11.9 Å². The van der Waals surface area contributed by atoms with E-state index in [9.17, 15) is 18.0 Å². The molecule has 1 atom stereocenters. The molecule has 0 bridgehead atoms. The third-order valence-corrected chi connectivity index (χ3v) is 2.98. The van der Waals surface area contributed by atoms with E-state index < -0.39 is 30.2 Å². The lowest BCUT2D eigenvalue weighted by molar-refractivity contribution is -0.176. The summed E-state index contributed by atoms with van der Waals surface area (Å²) >= 11 is 0. The first-order chi connectivity index (χ1) is 9.94. The smallest absolute Gasteiger partial charge is 0.377 e. The van der Waals surface area contributed by atoms with E-state index in [1.807, 2.05) is 0 Å². The minimum Gasteiger partial charge on any atom is -0.462 e. The van der Waals surface area contributed by atoms with Gasteiger partial charge in [-0.2, -0.15) is 8.78 Å². The summed E-state index contributed by atoms with van der Waals surface area (Å²) in [5.74, 6) is -5.74. The van der Waals surface area contributed by atoms with E-state index in [1.165, 1.54) is 25.1 Å². The van der Waals surface area contributed by atoms with Crippen LogP contribution in [0, 0.1) is 5.82 Å². The van der Waals surface area contributed by atoms with Gasteiger partial charge in [0.05, 0.1) is 18.7 Å². The van der Waals surface area contributed by atoms with Gasteiger partial charge in [0, 0.05) is 12.0 Å². The summed E-state index contributed by atoms with van der Waals surface area (Å²) in [6.45, 7) is 1.32. The van der Waals surface area contributed by atoms with Gasteiger partial charge in [-0.25, -0.2) is 9.18 Å². The molecule has 1 aromatic carbocycles. The Morgan fingerprint density at radius 1 is 1.48 bits per heavy atom. The number of hydrogen-bond donors (Lipinski definition) is 0. The summed E-state index contributed by atoms with van der Waals surface area (Å²) in [6.07, 6.45) is -1.83. The lowest BCUT2D eigenvalue weighted by Gasteiger charge is -2.17. The van der Waals surface area contributed by atoms with Gasteiger partial charge in [-0.05, 0) is 13.0 Å². The molecule has 0 fully saturated rings. The molecule has 4 nitrogen and oxygen atoms in total. The molecule has 7 heteroatoms. The van der Waals surface area contributed by atoms with Gasteiger partial charge in [-0.15, -0.1) is 0 Å². The van der Waals surface area contributed by atoms with E-state index in [2.05, 4.69) is 9.89 Å². The SMILES string of the molecule is CCOC(=O)C(F)(F)CC1CC(c2ccccc2F)=NO1. The topological polar surface area (TPSA) is 47.9 Å². The number of carbonyl (C=O) groups is 1. The van der Waals surface area contributed by atoms with E-state index in [1.54, 1.807) is 6.07 Å². The molecule has 0 aliphatic carbocycles. The first kappa shape index (κ1) is 15.3. The Balaban J connectivity index is 1.99. The molecule has 0 amide bonds. The van der Waals surface area contributed by atoms with E-state index in [-0.39, 0.29) is 24.3 Å². The summed E-state index contributed by atoms with van der Waals surface area (Å²) in [7, 11) is 0. The lowest BCUT2D eigenvalue weighted by atomic mass is 10.0. The second-order valence-corrected chi connectivity index (χ2v) is 4.58. The predicted octanol–water partition coefficient (Wildman–Crippen LogP) is 2.91. The van der Waals surface area contributed by atoms with Gasteiger partial charge in [0.15, 0.2) is 0 Å². The highest BCUT2D eigenvalue weighted by Gasteiger charge is 2.45. The molecule has 21 heavy (non-hydrogen) atoms. The quantitative estimate of drug-likeness (QED) is 0.786. The highest BCUT2D eigenvalue weighted by Crippen LogP contribution is 2.29. The van der Waals surface area contributed by atoms with Crippen LogP contribution >= 0.6 is 0 Å². The van der Waals surface area contributed by atoms with E-state index in [4.69, 9.17) is 4.84 Å². The Kier molecular flexibility index (Phi) is 4.50. The number of alkyl halides is 2. The molecule has 2 rings (SSSR count). The van der Waals surface area contributed by atoms with Crippen LogP contribution in [0.4, 0.5) is 13.2 Å². The lowest BCUT2D eigenvalue weighted by Crippen LogP contribution is -2.35. The zero-order valence-electron chi connectivity index (χ0n) is 11.3. The summed E-state index contributed by atoms with van der Waals surface area (Å²) < 4.78 is 45.1. The Bertz CT molecular complexity index is 560. The summed E-state index contributed by atoms with van der Waals surface area (Å²) in [5, 5.41) is 3.63. The molecular weight excluding hydrogens is 287 g/mol. The van der Waals surface area contributed by atoms with Gasteiger partial charge in [0.2, 0.25) is 0 Å². The van der Waals surface area contributed by atoms with E-state index in [0.717, 1.165) is 0 Å². The number of ether oxygens (including phenoxy) is 1. The van der Waals surface area contributed by atoms with Crippen molar-refractivity contribution >= 4 is 11.7 Å². The maximum absolute atomic E-state index is 13.6. The number of rotatable bonds is 5. The van der Waals surface area contributed by atoms with Crippen molar-refractivity contribution in [1.29, 1.82) is 0 Å². The van der Waals surface area contributed by atoms with Crippen molar-refractivity contribution in [1.82, 2.24) is 0 Å². The Morgan fingerprint density at radius 3 is 2.86 bits per heavy atom. The second-order valence-electron chi connectivity index (χ2n) is 4.58. The van der Waals surface area contributed by atoms with E-state index in [0.29, 0.717) is 0 Å². The van der Waals surface area contributed by atoms with Crippen LogP contribution in [0.25, 0.3) is 0 Å². The van der Waals surface area contributed by atoms with Gasteiger partial charge in [-0.3, -0.25) is 0 Å². The number of esters is 1. The molecule has 0 spiro atoms. The summed E-state index contributed by atoms with van der Waals surface area (Å²) in [4.78, 5) is 16.0. The predicted molar refractivity (Wildman–Crippen MR) is 68.6 cm³/mol. The van der Waals surface area contributed by atoms with Gasteiger partial charge in [0.25, 0.3) is 0 Å². The fourth-order valence-electron chi connectivity index (χ4n) is 2.00. The molecule has 1 aromatic rings. The molecular formula is C14H14F3NO3. The van der Waals surface area contributed by atoms with Crippen molar-refractivity contribution in [3.63, 3.8) is 0 Å². The third-order valence-electron chi connectivity index (χ3n) is 2.98. The average Bonchev–Trinajstić information content (AvgIpc) is 2.87. The first-order valence-electron chi connectivity index (χ1n) is 6.46. The molecule has 0 aromatic heterocycles. The zero-order chi connectivity index (χ0) is 15.5. The monoisotopic (exact) mass is 301 g/mol. The van der Waals surface area contributed by atoms with E-state index >= 15 is 0 Å². The summed E-state index contributed by atoms with van der Waals surface area (Å²) in [5.41, 5.74) is 0.456. The minimum absolute atomic E-state index is 0.00985. The standard InChI is InChI=1S/C14H14F3NO3/c1-2-20-13(19)14(16,17)8-9-7-12(18-21-9)10-5-3-4-6-11(10)15/h3-6,9H,2,7-8H2,1H3. The number of hydrogen-bond acceptors (Lipinski definition) is 4. The fraction of sp³-hybridized carbons (Fsp3) is 0.429. The van der Waals surface area contributed by atoms with Gasteiger partial charge < -0.3 is 9.57 Å². The number of carbonyl (C=O) groups excluding carboxylic acids is 1. The molecule has 0 saturated carbocycles. The Hall–Kier alpha value is -2.05. The van der Waals surface area contributed by atoms with Gasteiger partial charge in [-0.1, -0.05) is 23.4 Å². The van der Waals surface area contributed by atoms with Crippen LogP contribution in [-0.4, -0.2) is 30.3 Å². The molecule has 1 unspecified atom stereocenters. The minimum atomic E-state index is -3.65. The maximum Gasteiger partial charge on any atom is 0.377 e. The van der Waals surface area contributed by atoms with Crippen LogP contribution < -0.4 is 0 Å². The Morgan fingerprint density at radius 2 is 2.19 bits per heavy atom. The summed E-state index contributed by atoms with van der Waals surface area (Å²) in [6, 6.07) is 5.87. The molecule has 0 radical (unpaired) electrons. The number of benzene rings is 1.